The summed E-state index contributed by atoms with van der Waals surface area (Å²) in [6.45, 7) is 9.68. The Hall–Kier alpha value is -3.04. The maximum atomic E-state index is 12.6. The third-order valence-electron chi connectivity index (χ3n) is 4.86. The van der Waals surface area contributed by atoms with Crippen molar-refractivity contribution in [1.82, 2.24) is 14.9 Å². The van der Waals surface area contributed by atoms with Crippen LogP contribution in [0.15, 0.2) is 57.9 Å². The molecule has 0 aliphatic rings. The number of nitrogens with zero attached hydrogens (tertiary/aromatic N) is 2. The first-order valence-electron chi connectivity index (χ1n) is 10.4. The van der Waals surface area contributed by atoms with Gasteiger partial charge in [-0.15, -0.1) is 0 Å². The molecule has 0 spiro atoms. The van der Waals surface area contributed by atoms with Crippen LogP contribution < -0.4 is 10.0 Å². The van der Waals surface area contributed by atoms with Gasteiger partial charge in [0.25, 0.3) is 5.91 Å². The highest BCUT2D eigenvalue weighted by Gasteiger charge is 2.22. The van der Waals surface area contributed by atoms with Crippen molar-refractivity contribution in [3.63, 3.8) is 0 Å². The fraction of sp³-hybridized carbons (Fsp3) is 0.348. The summed E-state index contributed by atoms with van der Waals surface area (Å²) in [7, 11) is -3.61. The van der Waals surface area contributed by atoms with E-state index in [2.05, 4.69) is 20.2 Å². The first-order chi connectivity index (χ1) is 15.0. The Kier molecular flexibility index (Phi) is 6.80. The standard InChI is InChI=1S/C23H28N4O4S/c1-6-15(2)27-32(29,30)19-13-9-17(10-14-19)21(28)24-18-11-7-16(8-12-18)20-25-22(31-26-20)23(3,4)5/h7-15,27H,6H2,1-5H3,(H,24,28). The molecule has 0 radical (unpaired) electrons. The molecule has 0 aliphatic heterocycles. The van der Waals surface area contributed by atoms with Gasteiger partial charge in [0.05, 0.1) is 4.90 Å². The van der Waals surface area contributed by atoms with Gasteiger partial charge in [-0.1, -0.05) is 32.9 Å². The van der Waals surface area contributed by atoms with Crippen LogP contribution in [0.1, 0.15) is 57.3 Å². The van der Waals surface area contributed by atoms with Crippen molar-refractivity contribution in [3.05, 3.63) is 60.0 Å². The second-order valence-electron chi connectivity index (χ2n) is 8.66. The molecule has 1 unspecified atom stereocenters. The predicted octanol–water partition coefficient (Wildman–Crippen LogP) is 4.36. The van der Waals surface area contributed by atoms with E-state index in [1.807, 2.05) is 27.7 Å². The molecule has 8 nitrogen and oxygen atoms in total. The molecule has 170 valence electrons. The molecule has 1 aromatic heterocycles. The minimum absolute atomic E-state index is 0.119. The zero-order valence-electron chi connectivity index (χ0n) is 18.8. The normalized spacial score (nSPS) is 13.0. The Morgan fingerprint density at radius 1 is 1.06 bits per heavy atom. The topological polar surface area (TPSA) is 114 Å². The van der Waals surface area contributed by atoms with E-state index in [0.29, 0.717) is 29.4 Å². The Morgan fingerprint density at radius 3 is 2.22 bits per heavy atom. The summed E-state index contributed by atoms with van der Waals surface area (Å²) >= 11 is 0. The van der Waals surface area contributed by atoms with Crippen molar-refractivity contribution in [2.75, 3.05) is 5.32 Å². The van der Waals surface area contributed by atoms with Crippen molar-refractivity contribution >= 4 is 21.6 Å². The summed E-state index contributed by atoms with van der Waals surface area (Å²) in [5.74, 6) is 0.691. The van der Waals surface area contributed by atoms with E-state index in [-0.39, 0.29) is 22.3 Å². The van der Waals surface area contributed by atoms with Gasteiger partial charge < -0.3 is 9.84 Å². The molecule has 0 saturated carbocycles. The van der Waals surface area contributed by atoms with Gasteiger partial charge in [-0.05, 0) is 61.9 Å². The monoisotopic (exact) mass is 456 g/mol. The lowest BCUT2D eigenvalue weighted by molar-refractivity contribution is 0.102. The highest BCUT2D eigenvalue weighted by atomic mass is 32.2. The number of carbonyl (C=O) groups is 1. The van der Waals surface area contributed by atoms with Crippen LogP contribution in [0.4, 0.5) is 5.69 Å². The molecule has 1 heterocycles. The molecule has 0 bridgehead atoms. The third-order valence-corrected chi connectivity index (χ3v) is 6.47. The number of hydrogen-bond donors (Lipinski definition) is 2. The number of benzene rings is 2. The van der Waals surface area contributed by atoms with Gasteiger partial charge in [0.2, 0.25) is 21.7 Å². The fourth-order valence-electron chi connectivity index (χ4n) is 2.75. The number of hydrogen-bond acceptors (Lipinski definition) is 6. The SMILES string of the molecule is CCC(C)NS(=O)(=O)c1ccc(C(=O)Nc2ccc(-c3noc(C(C)(C)C)n3)cc2)cc1. The molecule has 9 heteroatoms. The Balaban J connectivity index is 1.68. The number of aromatic nitrogens is 2. The lowest BCUT2D eigenvalue weighted by Gasteiger charge is -2.12. The number of rotatable bonds is 7. The van der Waals surface area contributed by atoms with Gasteiger partial charge in [-0.2, -0.15) is 4.98 Å². The molecule has 2 N–H and O–H groups in total. The van der Waals surface area contributed by atoms with Crippen LogP contribution in [0, 0.1) is 0 Å². The average molecular weight is 457 g/mol. The summed E-state index contributed by atoms with van der Waals surface area (Å²) in [5.41, 5.74) is 1.47. The number of sulfonamides is 1. The van der Waals surface area contributed by atoms with Crippen LogP contribution in [0.5, 0.6) is 0 Å². The Morgan fingerprint density at radius 2 is 1.69 bits per heavy atom. The highest BCUT2D eigenvalue weighted by molar-refractivity contribution is 7.89. The van der Waals surface area contributed by atoms with Crippen LogP contribution in [0.25, 0.3) is 11.4 Å². The molecule has 2 aromatic carbocycles. The summed E-state index contributed by atoms with van der Waals surface area (Å²) in [5, 5.41) is 6.81. The van der Waals surface area contributed by atoms with E-state index < -0.39 is 10.0 Å². The first kappa shape index (κ1) is 23.6. The summed E-state index contributed by atoms with van der Waals surface area (Å²) in [6.07, 6.45) is 0.684. The number of nitrogens with one attached hydrogen (secondary N) is 2. The maximum absolute atomic E-state index is 12.6. The summed E-state index contributed by atoms with van der Waals surface area (Å²) in [4.78, 5) is 17.1. The van der Waals surface area contributed by atoms with Crippen molar-refractivity contribution in [2.24, 2.45) is 0 Å². The van der Waals surface area contributed by atoms with Gasteiger partial charge in [0.15, 0.2) is 0 Å². The smallest absolute Gasteiger partial charge is 0.255 e. The molecular formula is C23H28N4O4S. The number of amides is 1. The molecule has 3 aromatic rings. The predicted molar refractivity (Wildman–Crippen MR) is 123 cm³/mol. The highest BCUT2D eigenvalue weighted by Crippen LogP contribution is 2.24. The molecule has 1 atom stereocenters. The van der Waals surface area contributed by atoms with E-state index in [4.69, 9.17) is 4.52 Å². The quantitative estimate of drug-likeness (QED) is 0.546. The molecule has 0 aliphatic carbocycles. The van der Waals surface area contributed by atoms with E-state index in [1.54, 1.807) is 31.2 Å². The molecule has 0 fully saturated rings. The van der Waals surface area contributed by atoms with Crippen molar-refractivity contribution in [1.29, 1.82) is 0 Å². The van der Waals surface area contributed by atoms with E-state index in [1.165, 1.54) is 24.3 Å². The third kappa shape index (κ3) is 5.60. The summed E-state index contributed by atoms with van der Waals surface area (Å²) in [6, 6.07) is 12.7. The minimum Gasteiger partial charge on any atom is -0.338 e. The van der Waals surface area contributed by atoms with Gasteiger partial charge in [0, 0.05) is 28.3 Å². The maximum Gasteiger partial charge on any atom is 0.255 e. The Labute approximate surface area is 188 Å². The molecule has 32 heavy (non-hydrogen) atoms. The lowest BCUT2D eigenvalue weighted by atomic mass is 9.97. The minimum atomic E-state index is -3.61. The number of anilines is 1. The van der Waals surface area contributed by atoms with Gasteiger partial charge in [-0.3, -0.25) is 4.79 Å². The van der Waals surface area contributed by atoms with Crippen molar-refractivity contribution < 1.29 is 17.7 Å². The second-order valence-corrected chi connectivity index (χ2v) is 10.4. The van der Waals surface area contributed by atoms with Crippen LogP contribution in [0.2, 0.25) is 0 Å². The molecule has 1 amide bonds. The van der Waals surface area contributed by atoms with E-state index in [9.17, 15) is 13.2 Å². The zero-order valence-corrected chi connectivity index (χ0v) is 19.7. The van der Waals surface area contributed by atoms with Gasteiger partial charge in [-0.25, -0.2) is 13.1 Å². The average Bonchev–Trinajstić information content (AvgIpc) is 3.25. The van der Waals surface area contributed by atoms with Gasteiger partial charge in [0.1, 0.15) is 0 Å². The molecule has 3 rings (SSSR count). The Bertz CT molecular complexity index is 1180. The van der Waals surface area contributed by atoms with Crippen LogP contribution in [-0.2, 0) is 15.4 Å². The van der Waals surface area contributed by atoms with Crippen molar-refractivity contribution in [3.8, 4) is 11.4 Å². The largest absolute Gasteiger partial charge is 0.338 e. The van der Waals surface area contributed by atoms with Crippen LogP contribution in [-0.4, -0.2) is 30.5 Å². The number of carbonyl (C=O) groups excluding carboxylic acids is 1. The van der Waals surface area contributed by atoms with E-state index in [0.717, 1.165) is 5.56 Å². The zero-order chi connectivity index (χ0) is 23.5. The van der Waals surface area contributed by atoms with Gasteiger partial charge >= 0.3 is 0 Å². The molecular weight excluding hydrogens is 428 g/mol. The fourth-order valence-corrected chi connectivity index (χ4v) is 4.08. The van der Waals surface area contributed by atoms with Crippen molar-refractivity contribution in [2.45, 2.75) is 57.4 Å². The van der Waals surface area contributed by atoms with Crippen LogP contribution >= 0.6 is 0 Å². The molecule has 0 saturated heterocycles. The second kappa shape index (κ2) is 9.22. The van der Waals surface area contributed by atoms with Crippen LogP contribution in [0.3, 0.4) is 0 Å². The first-order valence-corrected chi connectivity index (χ1v) is 11.9. The lowest BCUT2D eigenvalue weighted by Crippen LogP contribution is -2.32. The summed E-state index contributed by atoms with van der Waals surface area (Å²) < 4.78 is 32.6. The van der Waals surface area contributed by atoms with E-state index >= 15 is 0 Å².